The second-order valence-corrected chi connectivity index (χ2v) is 10.8. The number of amides is 1. The predicted molar refractivity (Wildman–Crippen MR) is 110 cm³/mol. The summed E-state index contributed by atoms with van der Waals surface area (Å²) in [6.07, 6.45) is 4.27. The number of benzene rings is 1. The summed E-state index contributed by atoms with van der Waals surface area (Å²) in [5.74, 6) is 0.355. The molecule has 1 N–H and O–H groups in total. The number of rotatable bonds is 4. The number of sulfonamides is 1. The van der Waals surface area contributed by atoms with E-state index in [0.29, 0.717) is 30.4 Å². The Kier molecular flexibility index (Phi) is 5.28. The van der Waals surface area contributed by atoms with Gasteiger partial charge in [-0.25, -0.2) is 13.4 Å². The van der Waals surface area contributed by atoms with Crippen molar-refractivity contribution in [2.75, 3.05) is 11.9 Å². The molecule has 0 unspecified atom stereocenters. The van der Waals surface area contributed by atoms with Crippen LogP contribution in [0.5, 0.6) is 0 Å². The highest BCUT2D eigenvalue weighted by molar-refractivity contribution is 7.89. The van der Waals surface area contributed by atoms with Gasteiger partial charge in [-0.1, -0.05) is 24.6 Å². The Morgan fingerprint density at radius 2 is 2.00 bits per heavy atom. The first-order chi connectivity index (χ1) is 13.3. The minimum atomic E-state index is -3.70. The van der Waals surface area contributed by atoms with Crippen LogP contribution in [0.3, 0.4) is 0 Å². The fourth-order valence-electron chi connectivity index (χ4n) is 3.92. The molecule has 1 saturated heterocycles. The number of hydrogen-bond donors (Lipinski definition) is 1. The molecule has 150 valence electrons. The fourth-order valence-corrected chi connectivity index (χ4v) is 6.75. The molecular formula is C20H25N3O3S2. The predicted octanol–water partition coefficient (Wildman–Crippen LogP) is 3.37. The standard InChI is InChI=1S/C20H25N3O3S2/c1-13-5-8-15(9-6-13)28(25,26)23-11-3-4-17(23)19(24)22-20-21-16-10-7-14(2)12-18(16)27-20/h5-6,8-9,14,17H,3-4,7,10-12H2,1-2H3,(H,21,22,24)/t14-,17+/m0/s1. The third kappa shape index (κ3) is 3.73. The molecule has 2 aliphatic rings. The molecule has 2 heterocycles. The van der Waals surface area contributed by atoms with E-state index < -0.39 is 16.1 Å². The molecule has 4 rings (SSSR count). The lowest BCUT2D eigenvalue weighted by atomic mass is 9.93. The van der Waals surface area contributed by atoms with Gasteiger partial charge in [-0.3, -0.25) is 4.79 Å². The number of aryl methyl sites for hydroxylation is 2. The summed E-state index contributed by atoms with van der Waals surface area (Å²) in [4.78, 5) is 18.9. The summed E-state index contributed by atoms with van der Waals surface area (Å²) in [7, 11) is -3.70. The van der Waals surface area contributed by atoms with E-state index in [1.165, 1.54) is 20.5 Å². The van der Waals surface area contributed by atoms with Crippen LogP contribution < -0.4 is 5.32 Å². The van der Waals surface area contributed by atoms with E-state index in [4.69, 9.17) is 0 Å². The van der Waals surface area contributed by atoms with Gasteiger partial charge in [0, 0.05) is 11.4 Å². The normalized spacial score (nSPS) is 22.8. The number of fused-ring (bicyclic) bond motifs is 1. The molecule has 1 aromatic carbocycles. The Bertz CT molecular complexity index is 983. The zero-order valence-electron chi connectivity index (χ0n) is 16.1. The van der Waals surface area contributed by atoms with E-state index in [1.807, 2.05) is 6.92 Å². The van der Waals surface area contributed by atoms with Gasteiger partial charge in [0.2, 0.25) is 15.9 Å². The van der Waals surface area contributed by atoms with Gasteiger partial charge in [-0.2, -0.15) is 4.31 Å². The van der Waals surface area contributed by atoms with Crippen LogP contribution in [0.15, 0.2) is 29.2 Å². The molecule has 0 radical (unpaired) electrons. The lowest BCUT2D eigenvalue weighted by Crippen LogP contribution is -2.43. The first-order valence-corrected chi connectivity index (χ1v) is 12.0. The minimum Gasteiger partial charge on any atom is -0.301 e. The summed E-state index contributed by atoms with van der Waals surface area (Å²) in [5.41, 5.74) is 2.07. The topological polar surface area (TPSA) is 79.4 Å². The molecule has 6 nitrogen and oxygen atoms in total. The summed E-state index contributed by atoms with van der Waals surface area (Å²) in [6.45, 7) is 4.50. The molecule has 0 bridgehead atoms. The van der Waals surface area contributed by atoms with Gasteiger partial charge < -0.3 is 5.32 Å². The Labute approximate surface area is 170 Å². The van der Waals surface area contributed by atoms with Crippen molar-refractivity contribution in [2.45, 2.75) is 56.9 Å². The first-order valence-electron chi connectivity index (χ1n) is 9.72. The van der Waals surface area contributed by atoms with E-state index >= 15 is 0 Å². The maximum atomic E-state index is 13.0. The average Bonchev–Trinajstić information content (AvgIpc) is 3.28. The molecule has 1 aromatic heterocycles. The number of carbonyl (C=O) groups is 1. The molecule has 0 saturated carbocycles. The molecule has 1 aliphatic carbocycles. The molecular weight excluding hydrogens is 394 g/mol. The van der Waals surface area contributed by atoms with E-state index in [1.54, 1.807) is 24.3 Å². The van der Waals surface area contributed by atoms with E-state index in [0.717, 1.165) is 30.5 Å². The molecule has 0 spiro atoms. The second-order valence-electron chi connectivity index (χ2n) is 7.81. The SMILES string of the molecule is Cc1ccc(S(=O)(=O)N2CCC[C@@H]2C(=O)Nc2nc3c(s2)C[C@@H](C)CC3)cc1. The molecule has 28 heavy (non-hydrogen) atoms. The van der Waals surface area contributed by atoms with Gasteiger partial charge in [-0.15, -0.1) is 11.3 Å². The maximum absolute atomic E-state index is 13.0. The monoisotopic (exact) mass is 419 g/mol. The molecule has 1 aliphatic heterocycles. The molecule has 1 fully saturated rings. The van der Waals surface area contributed by atoms with Crippen molar-refractivity contribution in [2.24, 2.45) is 5.92 Å². The van der Waals surface area contributed by atoms with Crippen LogP contribution in [0, 0.1) is 12.8 Å². The van der Waals surface area contributed by atoms with Crippen LogP contribution in [-0.2, 0) is 27.7 Å². The number of carbonyl (C=O) groups excluding carboxylic acids is 1. The highest BCUT2D eigenvalue weighted by atomic mass is 32.2. The summed E-state index contributed by atoms with van der Waals surface area (Å²) in [5, 5.41) is 3.47. The van der Waals surface area contributed by atoms with Crippen LogP contribution in [0.1, 0.15) is 42.3 Å². The average molecular weight is 420 g/mol. The van der Waals surface area contributed by atoms with Crippen LogP contribution in [0.4, 0.5) is 5.13 Å². The smallest absolute Gasteiger partial charge is 0.244 e. The Hall–Kier alpha value is -1.77. The Balaban J connectivity index is 1.52. The van der Waals surface area contributed by atoms with Gasteiger partial charge in [0.05, 0.1) is 10.6 Å². The Morgan fingerprint density at radius 3 is 2.75 bits per heavy atom. The summed E-state index contributed by atoms with van der Waals surface area (Å²) < 4.78 is 27.4. The fraction of sp³-hybridized carbons (Fsp3) is 0.500. The number of thiazole rings is 1. The van der Waals surface area contributed by atoms with Gasteiger partial charge in [-0.05, 0) is 57.1 Å². The number of nitrogens with one attached hydrogen (secondary N) is 1. The maximum Gasteiger partial charge on any atom is 0.244 e. The van der Waals surface area contributed by atoms with Crippen molar-refractivity contribution in [1.29, 1.82) is 0 Å². The Morgan fingerprint density at radius 1 is 1.25 bits per heavy atom. The second kappa shape index (κ2) is 7.57. The van der Waals surface area contributed by atoms with E-state index in [-0.39, 0.29) is 10.8 Å². The van der Waals surface area contributed by atoms with Crippen molar-refractivity contribution in [3.63, 3.8) is 0 Å². The van der Waals surface area contributed by atoms with Gasteiger partial charge in [0.25, 0.3) is 0 Å². The quantitative estimate of drug-likeness (QED) is 0.824. The van der Waals surface area contributed by atoms with Crippen LogP contribution in [0.2, 0.25) is 0 Å². The molecule has 1 amide bonds. The number of anilines is 1. The van der Waals surface area contributed by atoms with Crippen LogP contribution >= 0.6 is 11.3 Å². The summed E-state index contributed by atoms with van der Waals surface area (Å²) in [6, 6.07) is 6.08. The van der Waals surface area contributed by atoms with Gasteiger partial charge in [0.1, 0.15) is 6.04 Å². The molecule has 2 atom stereocenters. The zero-order chi connectivity index (χ0) is 19.9. The number of nitrogens with zero attached hydrogens (tertiary/aromatic N) is 2. The van der Waals surface area contributed by atoms with Crippen LogP contribution in [0.25, 0.3) is 0 Å². The minimum absolute atomic E-state index is 0.233. The zero-order valence-corrected chi connectivity index (χ0v) is 17.8. The highest BCUT2D eigenvalue weighted by Crippen LogP contribution is 2.33. The highest BCUT2D eigenvalue weighted by Gasteiger charge is 2.39. The van der Waals surface area contributed by atoms with Crippen molar-refractivity contribution < 1.29 is 13.2 Å². The van der Waals surface area contributed by atoms with E-state index in [9.17, 15) is 13.2 Å². The van der Waals surface area contributed by atoms with Crippen molar-refractivity contribution in [1.82, 2.24) is 9.29 Å². The van der Waals surface area contributed by atoms with Gasteiger partial charge >= 0.3 is 0 Å². The van der Waals surface area contributed by atoms with Crippen molar-refractivity contribution >= 4 is 32.4 Å². The molecule has 8 heteroatoms. The van der Waals surface area contributed by atoms with Crippen molar-refractivity contribution in [3.05, 3.63) is 40.4 Å². The number of hydrogen-bond acceptors (Lipinski definition) is 5. The van der Waals surface area contributed by atoms with E-state index in [2.05, 4.69) is 17.2 Å². The largest absolute Gasteiger partial charge is 0.301 e. The molecule has 2 aromatic rings. The third-order valence-corrected chi connectivity index (χ3v) is 8.51. The van der Waals surface area contributed by atoms with Crippen molar-refractivity contribution in [3.8, 4) is 0 Å². The first kappa shape index (κ1) is 19.5. The van der Waals surface area contributed by atoms with Gasteiger partial charge in [0.15, 0.2) is 5.13 Å². The third-order valence-electron chi connectivity index (χ3n) is 5.55. The number of aromatic nitrogens is 1. The summed E-state index contributed by atoms with van der Waals surface area (Å²) >= 11 is 1.52. The lowest BCUT2D eigenvalue weighted by molar-refractivity contribution is -0.119. The lowest BCUT2D eigenvalue weighted by Gasteiger charge is -2.23. The van der Waals surface area contributed by atoms with Crippen LogP contribution in [-0.4, -0.2) is 36.2 Å².